The number of nitrogens with one attached hydrogen (secondary N) is 2. The van der Waals surface area contributed by atoms with Crippen LogP contribution in [0.5, 0.6) is 11.5 Å². The highest BCUT2D eigenvalue weighted by molar-refractivity contribution is 6.35. The summed E-state index contributed by atoms with van der Waals surface area (Å²) in [7, 11) is 0. The Bertz CT molecular complexity index is 799. The summed E-state index contributed by atoms with van der Waals surface area (Å²) < 4.78 is 16.0. The molecule has 130 valence electrons. The number of fused-ring (bicyclic) bond motifs is 1. The molecule has 2 amide bonds. The number of benzene rings is 1. The fourth-order valence-electron chi connectivity index (χ4n) is 2.18. The second-order valence-electron chi connectivity index (χ2n) is 5.26. The molecule has 3 rings (SSSR count). The number of amides is 2. The molecule has 0 saturated carbocycles. The highest BCUT2D eigenvalue weighted by atomic mass is 16.6. The van der Waals surface area contributed by atoms with Crippen LogP contribution in [0.15, 0.2) is 46.1 Å². The maximum atomic E-state index is 11.8. The van der Waals surface area contributed by atoms with Crippen molar-refractivity contribution in [3.05, 3.63) is 47.9 Å². The van der Waals surface area contributed by atoms with Gasteiger partial charge in [-0.3, -0.25) is 9.59 Å². The summed E-state index contributed by atoms with van der Waals surface area (Å²) in [4.78, 5) is 23.5. The van der Waals surface area contributed by atoms with Gasteiger partial charge >= 0.3 is 11.8 Å². The van der Waals surface area contributed by atoms with Gasteiger partial charge in [0, 0.05) is 5.56 Å². The second-order valence-corrected chi connectivity index (χ2v) is 5.26. The molecule has 0 unspecified atom stereocenters. The van der Waals surface area contributed by atoms with E-state index in [1.807, 2.05) is 0 Å². The van der Waals surface area contributed by atoms with Crippen molar-refractivity contribution in [1.82, 2.24) is 10.7 Å². The van der Waals surface area contributed by atoms with E-state index in [4.69, 9.17) is 13.9 Å². The van der Waals surface area contributed by atoms with Crippen molar-refractivity contribution in [3.63, 3.8) is 0 Å². The van der Waals surface area contributed by atoms with Crippen LogP contribution >= 0.6 is 0 Å². The normalized spacial score (nSPS) is 13.2. The van der Waals surface area contributed by atoms with Crippen LogP contribution < -0.4 is 20.2 Å². The molecule has 8 heteroatoms. The van der Waals surface area contributed by atoms with E-state index >= 15 is 0 Å². The standard InChI is InChI=1S/C17H17N3O5/c1-11(12-4-5-14-15(9-12)25-8-7-24-14)19-20-17(22)16(21)18-10-13-3-2-6-23-13/h2-6,9H,7-8,10H2,1H3,(H,18,21)(H,20,22)/b19-11-. The number of hydrogen-bond donors (Lipinski definition) is 2. The Hall–Kier alpha value is -3.29. The summed E-state index contributed by atoms with van der Waals surface area (Å²) in [5, 5.41) is 6.38. The van der Waals surface area contributed by atoms with Crippen LogP contribution in [0.25, 0.3) is 0 Å². The van der Waals surface area contributed by atoms with Crippen molar-refractivity contribution >= 4 is 17.5 Å². The van der Waals surface area contributed by atoms with E-state index in [0.29, 0.717) is 36.2 Å². The fraction of sp³-hybridized carbons (Fsp3) is 0.235. The van der Waals surface area contributed by atoms with Crippen molar-refractivity contribution < 1.29 is 23.5 Å². The first-order valence-corrected chi connectivity index (χ1v) is 7.68. The number of hydrazone groups is 1. The molecule has 1 aliphatic heterocycles. The van der Waals surface area contributed by atoms with Gasteiger partial charge in [0.2, 0.25) is 0 Å². The van der Waals surface area contributed by atoms with E-state index in [9.17, 15) is 9.59 Å². The highest BCUT2D eigenvalue weighted by Crippen LogP contribution is 2.30. The minimum Gasteiger partial charge on any atom is -0.486 e. The molecule has 2 aromatic rings. The summed E-state index contributed by atoms with van der Waals surface area (Å²) in [6, 6.07) is 8.75. The second kappa shape index (κ2) is 7.52. The third-order valence-electron chi connectivity index (χ3n) is 3.49. The minimum absolute atomic E-state index is 0.129. The van der Waals surface area contributed by atoms with Gasteiger partial charge in [-0.2, -0.15) is 5.10 Å². The molecule has 0 spiro atoms. The average Bonchev–Trinajstić information content (AvgIpc) is 3.17. The number of ether oxygens (including phenoxy) is 2. The van der Waals surface area contributed by atoms with Gasteiger partial charge in [-0.1, -0.05) is 0 Å². The molecule has 1 aromatic heterocycles. The van der Waals surface area contributed by atoms with Gasteiger partial charge in [0.25, 0.3) is 0 Å². The summed E-state index contributed by atoms with van der Waals surface area (Å²) >= 11 is 0. The quantitative estimate of drug-likeness (QED) is 0.493. The molecule has 0 aliphatic carbocycles. The lowest BCUT2D eigenvalue weighted by Crippen LogP contribution is -2.37. The Morgan fingerprint density at radius 1 is 1.12 bits per heavy atom. The molecule has 2 N–H and O–H groups in total. The van der Waals surface area contributed by atoms with Crippen LogP contribution in [0.2, 0.25) is 0 Å². The molecule has 0 bridgehead atoms. The van der Waals surface area contributed by atoms with Gasteiger partial charge in [-0.15, -0.1) is 0 Å². The Morgan fingerprint density at radius 3 is 2.68 bits per heavy atom. The molecule has 0 fully saturated rings. The minimum atomic E-state index is -0.858. The molecular formula is C17H17N3O5. The lowest BCUT2D eigenvalue weighted by atomic mass is 10.1. The van der Waals surface area contributed by atoms with Gasteiger partial charge in [-0.05, 0) is 37.3 Å². The van der Waals surface area contributed by atoms with Gasteiger partial charge in [0.15, 0.2) is 11.5 Å². The molecule has 0 radical (unpaired) electrons. The Kier molecular flexibility index (Phi) is 4.98. The summed E-state index contributed by atoms with van der Waals surface area (Å²) in [5.41, 5.74) is 3.51. The predicted octanol–water partition coefficient (Wildman–Crippen LogP) is 1.21. The number of furan rings is 1. The van der Waals surface area contributed by atoms with Crippen LogP contribution in [0, 0.1) is 0 Å². The first kappa shape index (κ1) is 16.6. The Labute approximate surface area is 143 Å². The first-order valence-electron chi connectivity index (χ1n) is 7.68. The summed E-state index contributed by atoms with van der Waals surface area (Å²) in [6.45, 7) is 2.85. The van der Waals surface area contributed by atoms with E-state index in [1.165, 1.54) is 6.26 Å². The Balaban J connectivity index is 1.57. The predicted molar refractivity (Wildman–Crippen MR) is 88.3 cm³/mol. The number of carbonyl (C=O) groups is 2. The van der Waals surface area contributed by atoms with Crippen LogP contribution in [-0.2, 0) is 16.1 Å². The van der Waals surface area contributed by atoms with Crippen molar-refractivity contribution in [2.45, 2.75) is 13.5 Å². The maximum Gasteiger partial charge on any atom is 0.329 e. The van der Waals surface area contributed by atoms with Gasteiger partial charge in [0.05, 0.1) is 18.5 Å². The fourth-order valence-corrected chi connectivity index (χ4v) is 2.18. The average molecular weight is 343 g/mol. The maximum absolute atomic E-state index is 11.8. The molecule has 0 saturated heterocycles. The van der Waals surface area contributed by atoms with Crippen LogP contribution in [-0.4, -0.2) is 30.7 Å². The molecule has 1 aromatic carbocycles. The van der Waals surface area contributed by atoms with Crippen molar-refractivity contribution in [2.75, 3.05) is 13.2 Å². The van der Waals surface area contributed by atoms with E-state index in [2.05, 4.69) is 15.8 Å². The zero-order valence-corrected chi connectivity index (χ0v) is 13.6. The van der Waals surface area contributed by atoms with E-state index in [1.54, 1.807) is 37.3 Å². The lowest BCUT2D eigenvalue weighted by molar-refractivity contribution is -0.139. The smallest absolute Gasteiger partial charge is 0.329 e. The highest BCUT2D eigenvalue weighted by Gasteiger charge is 2.15. The SMILES string of the molecule is C/C(=N/NC(=O)C(=O)NCc1ccco1)c1ccc2c(c1)OCCO2. The third kappa shape index (κ3) is 4.17. The molecule has 25 heavy (non-hydrogen) atoms. The molecule has 2 heterocycles. The van der Waals surface area contributed by atoms with E-state index in [-0.39, 0.29) is 6.54 Å². The Morgan fingerprint density at radius 2 is 1.92 bits per heavy atom. The summed E-state index contributed by atoms with van der Waals surface area (Å²) in [5.74, 6) is 0.195. The first-order chi connectivity index (χ1) is 12.1. The van der Waals surface area contributed by atoms with Crippen molar-refractivity contribution in [1.29, 1.82) is 0 Å². The van der Waals surface area contributed by atoms with Crippen molar-refractivity contribution in [3.8, 4) is 11.5 Å². The zero-order valence-electron chi connectivity index (χ0n) is 13.6. The van der Waals surface area contributed by atoms with Crippen LogP contribution in [0.1, 0.15) is 18.2 Å². The number of nitrogens with zero attached hydrogens (tertiary/aromatic N) is 1. The molecular weight excluding hydrogens is 326 g/mol. The van der Waals surface area contributed by atoms with E-state index < -0.39 is 11.8 Å². The van der Waals surface area contributed by atoms with Gasteiger partial charge in [-0.25, -0.2) is 5.43 Å². The largest absolute Gasteiger partial charge is 0.486 e. The zero-order chi connectivity index (χ0) is 17.6. The van der Waals surface area contributed by atoms with Gasteiger partial charge < -0.3 is 19.2 Å². The number of carbonyl (C=O) groups excluding carboxylic acids is 2. The summed E-state index contributed by atoms with van der Waals surface area (Å²) in [6.07, 6.45) is 1.49. The third-order valence-corrected chi connectivity index (χ3v) is 3.49. The molecule has 8 nitrogen and oxygen atoms in total. The van der Waals surface area contributed by atoms with Crippen LogP contribution in [0.3, 0.4) is 0 Å². The number of rotatable bonds is 4. The van der Waals surface area contributed by atoms with Gasteiger partial charge in [0.1, 0.15) is 19.0 Å². The number of hydrogen-bond acceptors (Lipinski definition) is 6. The lowest BCUT2D eigenvalue weighted by Gasteiger charge is -2.18. The van der Waals surface area contributed by atoms with E-state index in [0.717, 1.165) is 5.56 Å². The van der Waals surface area contributed by atoms with Crippen LogP contribution in [0.4, 0.5) is 0 Å². The monoisotopic (exact) mass is 343 g/mol. The topological polar surface area (TPSA) is 102 Å². The van der Waals surface area contributed by atoms with Crippen molar-refractivity contribution in [2.24, 2.45) is 5.10 Å². The molecule has 0 atom stereocenters. The molecule has 1 aliphatic rings.